The SMILES string of the molecule is CCC(CC)c1ccc(C(O)CNC)cc1Cl. The third kappa shape index (κ3) is 3.70. The largest absolute Gasteiger partial charge is 0.387 e. The fourth-order valence-corrected chi connectivity index (χ4v) is 2.46. The standard InChI is InChI=1S/C14H22ClNO/c1-4-10(5-2)12-7-6-11(8-13(12)15)14(17)9-16-3/h6-8,10,14,16-17H,4-5,9H2,1-3H3. The zero-order chi connectivity index (χ0) is 12.8. The molecule has 17 heavy (non-hydrogen) atoms. The van der Waals surface area contributed by atoms with Crippen molar-refractivity contribution in [1.82, 2.24) is 5.32 Å². The number of benzene rings is 1. The van der Waals surface area contributed by atoms with Crippen molar-refractivity contribution >= 4 is 11.6 Å². The third-order valence-electron chi connectivity index (χ3n) is 3.23. The van der Waals surface area contributed by atoms with Crippen LogP contribution in [-0.4, -0.2) is 18.7 Å². The Balaban J connectivity index is 2.92. The van der Waals surface area contributed by atoms with Crippen LogP contribution in [0.4, 0.5) is 0 Å². The molecule has 0 fully saturated rings. The van der Waals surface area contributed by atoms with Gasteiger partial charge >= 0.3 is 0 Å². The molecule has 1 atom stereocenters. The molecule has 1 rings (SSSR count). The van der Waals surface area contributed by atoms with Crippen molar-refractivity contribution < 1.29 is 5.11 Å². The van der Waals surface area contributed by atoms with Gasteiger partial charge in [-0.25, -0.2) is 0 Å². The summed E-state index contributed by atoms with van der Waals surface area (Å²) in [6.07, 6.45) is 1.69. The van der Waals surface area contributed by atoms with Crippen LogP contribution in [-0.2, 0) is 0 Å². The minimum absolute atomic E-state index is 0.492. The van der Waals surface area contributed by atoms with Crippen LogP contribution < -0.4 is 5.32 Å². The zero-order valence-electron chi connectivity index (χ0n) is 10.8. The molecule has 2 N–H and O–H groups in total. The molecular formula is C14H22ClNO. The molecule has 1 unspecified atom stereocenters. The summed E-state index contributed by atoms with van der Waals surface area (Å²) in [6, 6.07) is 5.91. The number of rotatable bonds is 6. The van der Waals surface area contributed by atoms with E-state index in [4.69, 9.17) is 11.6 Å². The molecule has 1 aromatic carbocycles. The third-order valence-corrected chi connectivity index (χ3v) is 3.56. The van der Waals surface area contributed by atoms with Gasteiger partial charge in [0.15, 0.2) is 0 Å². The highest BCUT2D eigenvalue weighted by molar-refractivity contribution is 6.31. The highest BCUT2D eigenvalue weighted by Crippen LogP contribution is 2.31. The van der Waals surface area contributed by atoms with E-state index in [1.54, 1.807) is 0 Å². The van der Waals surface area contributed by atoms with E-state index in [0.717, 1.165) is 23.4 Å². The van der Waals surface area contributed by atoms with Crippen LogP contribution in [0.2, 0.25) is 5.02 Å². The smallest absolute Gasteiger partial charge is 0.0914 e. The van der Waals surface area contributed by atoms with E-state index < -0.39 is 6.10 Å². The van der Waals surface area contributed by atoms with Crippen LogP contribution >= 0.6 is 11.6 Å². The van der Waals surface area contributed by atoms with Gasteiger partial charge in [-0.15, -0.1) is 0 Å². The number of aliphatic hydroxyl groups excluding tert-OH is 1. The van der Waals surface area contributed by atoms with Gasteiger partial charge < -0.3 is 10.4 Å². The van der Waals surface area contributed by atoms with Crippen LogP contribution in [0.3, 0.4) is 0 Å². The van der Waals surface area contributed by atoms with Gasteiger partial charge in [-0.2, -0.15) is 0 Å². The molecule has 96 valence electrons. The maximum Gasteiger partial charge on any atom is 0.0914 e. The lowest BCUT2D eigenvalue weighted by Gasteiger charge is -2.17. The van der Waals surface area contributed by atoms with Crippen molar-refractivity contribution in [1.29, 1.82) is 0 Å². The molecular weight excluding hydrogens is 234 g/mol. The summed E-state index contributed by atoms with van der Waals surface area (Å²) < 4.78 is 0. The van der Waals surface area contributed by atoms with Crippen molar-refractivity contribution in [3.63, 3.8) is 0 Å². The van der Waals surface area contributed by atoms with Crippen molar-refractivity contribution in [3.8, 4) is 0 Å². The van der Waals surface area contributed by atoms with Crippen molar-refractivity contribution in [3.05, 3.63) is 34.3 Å². The number of nitrogens with one attached hydrogen (secondary N) is 1. The molecule has 3 heteroatoms. The second-order valence-corrected chi connectivity index (χ2v) is 4.78. The fraction of sp³-hybridized carbons (Fsp3) is 0.571. The molecule has 0 spiro atoms. The Morgan fingerprint density at radius 3 is 2.41 bits per heavy atom. The topological polar surface area (TPSA) is 32.3 Å². The number of aliphatic hydroxyl groups is 1. The summed E-state index contributed by atoms with van der Waals surface area (Å²) in [6.45, 7) is 4.89. The van der Waals surface area contributed by atoms with E-state index in [9.17, 15) is 5.11 Å². The summed E-state index contributed by atoms with van der Waals surface area (Å²) in [5.74, 6) is 0.512. The fourth-order valence-electron chi connectivity index (χ4n) is 2.12. The monoisotopic (exact) mass is 255 g/mol. The van der Waals surface area contributed by atoms with Crippen LogP contribution in [0, 0.1) is 0 Å². The van der Waals surface area contributed by atoms with Gasteiger partial charge in [0, 0.05) is 11.6 Å². The van der Waals surface area contributed by atoms with Crippen LogP contribution in [0.5, 0.6) is 0 Å². The second-order valence-electron chi connectivity index (χ2n) is 4.37. The first-order valence-corrected chi connectivity index (χ1v) is 6.63. The Bertz CT molecular complexity index is 350. The average molecular weight is 256 g/mol. The first kappa shape index (κ1) is 14.5. The lowest BCUT2D eigenvalue weighted by molar-refractivity contribution is 0.178. The van der Waals surface area contributed by atoms with E-state index in [1.807, 2.05) is 25.2 Å². The number of hydrogen-bond acceptors (Lipinski definition) is 2. The number of hydrogen-bond donors (Lipinski definition) is 2. The van der Waals surface area contributed by atoms with Crippen LogP contribution in [0.25, 0.3) is 0 Å². The van der Waals surface area contributed by atoms with E-state index in [2.05, 4.69) is 19.2 Å². The highest BCUT2D eigenvalue weighted by Gasteiger charge is 2.13. The summed E-state index contributed by atoms with van der Waals surface area (Å²) in [5.41, 5.74) is 2.07. The van der Waals surface area contributed by atoms with Crippen molar-refractivity contribution in [2.75, 3.05) is 13.6 Å². The molecule has 2 nitrogen and oxygen atoms in total. The van der Waals surface area contributed by atoms with Crippen LogP contribution in [0.1, 0.15) is 49.8 Å². The van der Waals surface area contributed by atoms with E-state index >= 15 is 0 Å². The summed E-state index contributed by atoms with van der Waals surface area (Å²) in [5, 5.41) is 13.6. The maximum absolute atomic E-state index is 9.87. The van der Waals surface area contributed by atoms with Gasteiger partial charge in [0.05, 0.1) is 6.10 Å². The summed E-state index contributed by atoms with van der Waals surface area (Å²) in [7, 11) is 1.82. The molecule has 0 aliphatic carbocycles. The summed E-state index contributed by atoms with van der Waals surface area (Å²) >= 11 is 6.29. The zero-order valence-corrected chi connectivity index (χ0v) is 11.6. The molecule has 0 amide bonds. The molecule has 0 saturated carbocycles. The summed E-state index contributed by atoms with van der Waals surface area (Å²) in [4.78, 5) is 0. The van der Waals surface area contributed by atoms with Gasteiger partial charge in [0.25, 0.3) is 0 Å². The van der Waals surface area contributed by atoms with E-state index in [-0.39, 0.29) is 0 Å². The minimum atomic E-state index is -0.492. The second kappa shape index (κ2) is 7.00. The molecule has 0 saturated heterocycles. The predicted molar refractivity (Wildman–Crippen MR) is 73.7 cm³/mol. The van der Waals surface area contributed by atoms with Crippen molar-refractivity contribution in [2.24, 2.45) is 0 Å². The molecule has 0 aliphatic heterocycles. The first-order chi connectivity index (χ1) is 8.13. The van der Waals surface area contributed by atoms with E-state index in [1.165, 1.54) is 5.56 Å². The molecule has 0 radical (unpaired) electrons. The molecule has 0 aromatic heterocycles. The Kier molecular flexibility index (Phi) is 5.96. The average Bonchev–Trinajstić information content (AvgIpc) is 2.32. The van der Waals surface area contributed by atoms with E-state index in [0.29, 0.717) is 12.5 Å². The van der Waals surface area contributed by atoms with Gasteiger partial charge in [0.2, 0.25) is 0 Å². The predicted octanol–water partition coefficient (Wildman–Crippen LogP) is 3.50. The Morgan fingerprint density at radius 1 is 1.29 bits per heavy atom. The molecule has 0 bridgehead atoms. The van der Waals surface area contributed by atoms with Crippen molar-refractivity contribution in [2.45, 2.75) is 38.7 Å². The molecule has 1 aromatic rings. The van der Waals surface area contributed by atoms with Crippen LogP contribution in [0.15, 0.2) is 18.2 Å². The Labute approximate surface area is 109 Å². The quantitative estimate of drug-likeness (QED) is 0.816. The normalized spacial score (nSPS) is 13.1. The van der Waals surface area contributed by atoms with Gasteiger partial charge in [-0.1, -0.05) is 37.6 Å². The molecule has 0 heterocycles. The minimum Gasteiger partial charge on any atom is -0.387 e. The first-order valence-electron chi connectivity index (χ1n) is 6.26. The lowest BCUT2D eigenvalue weighted by Crippen LogP contribution is -2.16. The number of likely N-dealkylation sites (N-methyl/N-ethyl adjacent to an activating group) is 1. The van der Waals surface area contributed by atoms with Gasteiger partial charge in [-0.3, -0.25) is 0 Å². The number of halogens is 1. The lowest BCUT2D eigenvalue weighted by atomic mass is 9.92. The Morgan fingerprint density at radius 2 is 1.94 bits per heavy atom. The maximum atomic E-state index is 9.87. The molecule has 0 aliphatic rings. The highest BCUT2D eigenvalue weighted by atomic mass is 35.5. The Hall–Kier alpha value is -0.570. The van der Waals surface area contributed by atoms with Gasteiger partial charge in [0.1, 0.15) is 0 Å². The van der Waals surface area contributed by atoms with Gasteiger partial charge in [-0.05, 0) is 43.0 Å².